The second-order valence-electron chi connectivity index (χ2n) is 4.80. The van der Waals surface area contributed by atoms with Gasteiger partial charge in [-0.05, 0) is 42.4 Å². The van der Waals surface area contributed by atoms with E-state index in [2.05, 4.69) is 6.92 Å². The van der Waals surface area contributed by atoms with E-state index in [4.69, 9.17) is 0 Å². The highest BCUT2D eigenvalue weighted by atomic mass is 19.2. The minimum Gasteiger partial charge on any atom is -0.388 e. The molecule has 1 aliphatic carbocycles. The lowest BCUT2D eigenvalue weighted by molar-refractivity contribution is 0.109. The van der Waals surface area contributed by atoms with Crippen LogP contribution in [-0.2, 0) is 0 Å². The molecular weight excluding hydrogens is 210 g/mol. The zero-order chi connectivity index (χ0) is 11.7. The summed E-state index contributed by atoms with van der Waals surface area (Å²) < 4.78 is 25.8. The maximum absolute atomic E-state index is 13.0. The van der Waals surface area contributed by atoms with Gasteiger partial charge >= 0.3 is 0 Å². The van der Waals surface area contributed by atoms with Gasteiger partial charge in [-0.25, -0.2) is 8.78 Å². The second-order valence-corrected chi connectivity index (χ2v) is 4.80. The largest absolute Gasteiger partial charge is 0.388 e. The molecule has 1 fully saturated rings. The van der Waals surface area contributed by atoms with Crippen molar-refractivity contribution in [1.29, 1.82) is 0 Å². The van der Waals surface area contributed by atoms with Gasteiger partial charge in [-0.3, -0.25) is 0 Å². The van der Waals surface area contributed by atoms with Crippen LogP contribution in [0.5, 0.6) is 0 Å². The average molecular weight is 226 g/mol. The predicted octanol–water partition coefficient (Wildman–Crippen LogP) is 3.43. The van der Waals surface area contributed by atoms with Crippen molar-refractivity contribution < 1.29 is 13.9 Å². The van der Waals surface area contributed by atoms with Gasteiger partial charge in [-0.2, -0.15) is 0 Å². The number of halogens is 2. The van der Waals surface area contributed by atoms with Crippen LogP contribution in [0, 0.1) is 23.5 Å². The Bertz CT molecular complexity index is 378. The Hall–Kier alpha value is -0.960. The van der Waals surface area contributed by atoms with Crippen LogP contribution >= 0.6 is 0 Å². The molecule has 3 unspecified atom stereocenters. The third-order valence-corrected chi connectivity index (χ3v) is 3.47. The number of hydrogen-bond donors (Lipinski definition) is 1. The minimum atomic E-state index is -0.886. The summed E-state index contributed by atoms with van der Waals surface area (Å²) in [7, 11) is 0. The van der Waals surface area contributed by atoms with Gasteiger partial charge in [0.25, 0.3) is 0 Å². The fraction of sp³-hybridized carbons (Fsp3) is 0.538. The first-order chi connectivity index (χ1) is 7.58. The van der Waals surface area contributed by atoms with Crippen molar-refractivity contribution >= 4 is 0 Å². The van der Waals surface area contributed by atoms with E-state index in [0.717, 1.165) is 31.4 Å². The van der Waals surface area contributed by atoms with Gasteiger partial charge in [0.1, 0.15) is 0 Å². The van der Waals surface area contributed by atoms with E-state index in [1.165, 1.54) is 6.07 Å². The number of benzene rings is 1. The topological polar surface area (TPSA) is 20.2 Å². The molecule has 3 heteroatoms. The summed E-state index contributed by atoms with van der Waals surface area (Å²) in [5, 5.41) is 10.1. The van der Waals surface area contributed by atoms with E-state index >= 15 is 0 Å². The fourth-order valence-corrected chi connectivity index (χ4v) is 2.51. The lowest BCUT2D eigenvalue weighted by Gasteiger charge is -2.18. The smallest absolute Gasteiger partial charge is 0.159 e. The molecule has 1 aliphatic rings. The maximum atomic E-state index is 13.0. The van der Waals surface area contributed by atoms with Gasteiger partial charge < -0.3 is 5.11 Å². The zero-order valence-corrected chi connectivity index (χ0v) is 9.29. The van der Waals surface area contributed by atoms with E-state index in [9.17, 15) is 13.9 Å². The zero-order valence-electron chi connectivity index (χ0n) is 9.29. The van der Waals surface area contributed by atoms with Gasteiger partial charge in [-0.1, -0.05) is 19.4 Å². The van der Waals surface area contributed by atoms with Gasteiger partial charge in [0.15, 0.2) is 11.6 Å². The Morgan fingerprint density at radius 3 is 2.56 bits per heavy atom. The molecule has 1 saturated carbocycles. The van der Waals surface area contributed by atoms with Crippen LogP contribution in [0.2, 0.25) is 0 Å². The van der Waals surface area contributed by atoms with Gasteiger partial charge in [0.2, 0.25) is 0 Å². The molecule has 0 amide bonds. The van der Waals surface area contributed by atoms with Crippen LogP contribution in [0.3, 0.4) is 0 Å². The van der Waals surface area contributed by atoms with Crippen LogP contribution in [-0.4, -0.2) is 5.11 Å². The molecule has 16 heavy (non-hydrogen) atoms. The van der Waals surface area contributed by atoms with Crippen LogP contribution in [0.15, 0.2) is 18.2 Å². The predicted molar refractivity (Wildman–Crippen MR) is 57.8 cm³/mol. The third-order valence-electron chi connectivity index (χ3n) is 3.47. The molecule has 0 aromatic heterocycles. The van der Waals surface area contributed by atoms with Gasteiger partial charge in [0.05, 0.1) is 6.10 Å². The van der Waals surface area contributed by atoms with Crippen LogP contribution in [0.4, 0.5) is 8.78 Å². The Labute approximate surface area is 94.1 Å². The fourth-order valence-electron chi connectivity index (χ4n) is 2.51. The third kappa shape index (κ3) is 2.24. The number of aliphatic hydroxyl groups is 1. The maximum Gasteiger partial charge on any atom is 0.159 e. The summed E-state index contributed by atoms with van der Waals surface area (Å²) in [4.78, 5) is 0. The first-order valence-corrected chi connectivity index (χ1v) is 5.71. The molecule has 1 N–H and O–H groups in total. The molecule has 0 aliphatic heterocycles. The summed E-state index contributed by atoms with van der Waals surface area (Å²) in [5.74, 6) is -0.955. The molecule has 88 valence electrons. The number of hydrogen-bond acceptors (Lipinski definition) is 1. The molecule has 1 aromatic carbocycles. The van der Waals surface area contributed by atoms with E-state index in [1.54, 1.807) is 0 Å². The van der Waals surface area contributed by atoms with Crippen molar-refractivity contribution in [3.8, 4) is 0 Å². The Kier molecular flexibility index (Phi) is 3.24. The molecular formula is C13H16F2O. The minimum absolute atomic E-state index is 0.180. The standard InChI is InChI=1S/C13H16F2O/c1-8-2-3-9(6-8)13(16)10-4-5-11(14)12(15)7-10/h4-5,7-9,13,16H,2-3,6H2,1H3. The molecule has 1 nitrogen and oxygen atoms in total. The van der Waals surface area contributed by atoms with Crippen molar-refractivity contribution in [2.24, 2.45) is 11.8 Å². The van der Waals surface area contributed by atoms with Crippen molar-refractivity contribution in [1.82, 2.24) is 0 Å². The Morgan fingerprint density at radius 1 is 1.25 bits per heavy atom. The molecule has 0 spiro atoms. The second kappa shape index (κ2) is 4.50. The van der Waals surface area contributed by atoms with Crippen LogP contribution in [0.25, 0.3) is 0 Å². The molecule has 1 aromatic rings. The van der Waals surface area contributed by atoms with Crippen molar-refractivity contribution in [2.75, 3.05) is 0 Å². The molecule has 0 heterocycles. The number of aliphatic hydroxyl groups excluding tert-OH is 1. The summed E-state index contributed by atoms with van der Waals surface area (Å²) in [6.07, 6.45) is 2.35. The van der Waals surface area contributed by atoms with E-state index in [0.29, 0.717) is 11.5 Å². The van der Waals surface area contributed by atoms with Crippen molar-refractivity contribution in [2.45, 2.75) is 32.3 Å². The summed E-state index contributed by atoms with van der Waals surface area (Å²) in [5.41, 5.74) is 0.484. The van der Waals surface area contributed by atoms with Gasteiger partial charge in [0, 0.05) is 0 Å². The normalized spacial score (nSPS) is 27.0. The van der Waals surface area contributed by atoms with E-state index in [-0.39, 0.29) is 5.92 Å². The number of rotatable bonds is 2. The van der Waals surface area contributed by atoms with Crippen molar-refractivity contribution in [3.63, 3.8) is 0 Å². The van der Waals surface area contributed by atoms with Crippen LogP contribution < -0.4 is 0 Å². The highest BCUT2D eigenvalue weighted by Gasteiger charge is 2.28. The van der Waals surface area contributed by atoms with Crippen molar-refractivity contribution in [3.05, 3.63) is 35.4 Å². The lowest BCUT2D eigenvalue weighted by Crippen LogP contribution is -2.10. The highest BCUT2D eigenvalue weighted by molar-refractivity contribution is 5.20. The summed E-state index contributed by atoms with van der Waals surface area (Å²) >= 11 is 0. The Morgan fingerprint density at radius 2 is 2.00 bits per heavy atom. The monoisotopic (exact) mass is 226 g/mol. The molecule has 0 saturated heterocycles. The van der Waals surface area contributed by atoms with Gasteiger partial charge in [-0.15, -0.1) is 0 Å². The molecule has 0 radical (unpaired) electrons. The van der Waals surface area contributed by atoms with E-state index in [1.807, 2.05) is 0 Å². The summed E-state index contributed by atoms with van der Waals surface area (Å²) in [6.45, 7) is 2.15. The summed E-state index contributed by atoms with van der Waals surface area (Å²) in [6, 6.07) is 3.64. The first-order valence-electron chi connectivity index (χ1n) is 5.71. The first kappa shape index (κ1) is 11.5. The molecule has 2 rings (SSSR count). The highest BCUT2D eigenvalue weighted by Crippen LogP contribution is 2.38. The molecule has 0 bridgehead atoms. The lowest BCUT2D eigenvalue weighted by atomic mass is 9.93. The van der Waals surface area contributed by atoms with Crippen LogP contribution in [0.1, 0.15) is 37.9 Å². The molecule has 3 atom stereocenters. The van der Waals surface area contributed by atoms with E-state index < -0.39 is 17.7 Å². The SMILES string of the molecule is CC1CCC(C(O)c2ccc(F)c(F)c2)C1. The average Bonchev–Trinajstić information content (AvgIpc) is 2.68. The quantitative estimate of drug-likeness (QED) is 0.819. The Balaban J connectivity index is 2.14.